The first-order valence-electron chi connectivity index (χ1n) is 13.3. The number of nitrogens with one attached hydrogen (secondary N) is 1. The van der Waals surface area contributed by atoms with E-state index in [4.69, 9.17) is 15.2 Å². The average molecular weight is 525 g/mol. The molecule has 0 aliphatic carbocycles. The molecule has 4 heterocycles. The summed E-state index contributed by atoms with van der Waals surface area (Å²) in [6, 6.07) is 15.8. The van der Waals surface area contributed by atoms with Gasteiger partial charge in [0.25, 0.3) is 5.91 Å². The largest absolute Gasteiger partial charge is 0.486 e. The number of nitrogens with two attached hydrogens (primary N) is 1. The number of hydrogen-bond acceptors (Lipinski definition) is 7. The standard InChI is InChI=1S/C30H32N6O3/c1-20-16-36(19-33-20)26-12-21(17-35-8-2-3-24(31)18-35)11-25(15-26)34-30(37)27-13-23(6-7-32-27)22-4-5-28-29(14-22)39-10-9-38-28/h4-7,11-16,19,24H,2-3,8-10,17-18,31H2,1H3,(H,34,37). The van der Waals surface area contributed by atoms with Crippen molar-refractivity contribution < 1.29 is 14.3 Å². The van der Waals surface area contributed by atoms with Crippen molar-refractivity contribution in [2.45, 2.75) is 32.4 Å². The van der Waals surface area contributed by atoms with Crippen LogP contribution in [0.1, 0.15) is 34.6 Å². The number of anilines is 1. The van der Waals surface area contributed by atoms with Crippen molar-refractivity contribution in [1.29, 1.82) is 0 Å². The van der Waals surface area contributed by atoms with Crippen LogP contribution in [0.5, 0.6) is 11.5 Å². The maximum absolute atomic E-state index is 13.4. The van der Waals surface area contributed by atoms with E-state index in [2.05, 4.69) is 26.3 Å². The van der Waals surface area contributed by atoms with Gasteiger partial charge in [0.05, 0.1) is 12.0 Å². The van der Waals surface area contributed by atoms with E-state index in [9.17, 15) is 4.79 Å². The van der Waals surface area contributed by atoms with E-state index in [0.717, 1.165) is 66.3 Å². The van der Waals surface area contributed by atoms with Gasteiger partial charge in [0, 0.05) is 42.9 Å². The van der Waals surface area contributed by atoms with Crippen molar-refractivity contribution >= 4 is 11.6 Å². The molecule has 2 aliphatic heterocycles. The Labute approximate surface area is 227 Å². The number of carbonyl (C=O) groups excluding carboxylic acids is 1. The number of likely N-dealkylation sites (tertiary alicyclic amines) is 1. The molecule has 0 saturated carbocycles. The lowest BCUT2D eigenvalue weighted by molar-refractivity contribution is 0.102. The summed E-state index contributed by atoms with van der Waals surface area (Å²) < 4.78 is 13.3. The molecule has 39 heavy (non-hydrogen) atoms. The second kappa shape index (κ2) is 10.9. The Kier molecular flexibility index (Phi) is 7.00. The monoisotopic (exact) mass is 524 g/mol. The molecule has 4 aromatic rings. The molecular weight excluding hydrogens is 492 g/mol. The normalized spacial score (nSPS) is 17.1. The molecule has 200 valence electrons. The van der Waals surface area contributed by atoms with Gasteiger partial charge in [0.2, 0.25) is 0 Å². The Morgan fingerprint density at radius 2 is 1.90 bits per heavy atom. The Hall–Kier alpha value is -4.21. The highest BCUT2D eigenvalue weighted by Gasteiger charge is 2.18. The number of amides is 1. The topological polar surface area (TPSA) is 108 Å². The molecule has 2 aromatic carbocycles. The first-order valence-corrected chi connectivity index (χ1v) is 13.3. The molecule has 1 unspecified atom stereocenters. The van der Waals surface area contributed by atoms with Crippen molar-refractivity contribution in [3.05, 3.63) is 84.2 Å². The van der Waals surface area contributed by atoms with Gasteiger partial charge in [-0.15, -0.1) is 0 Å². The lowest BCUT2D eigenvalue weighted by Gasteiger charge is -2.30. The van der Waals surface area contributed by atoms with Gasteiger partial charge in [0.15, 0.2) is 11.5 Å². The first-order chi connectivity index (χ1) is 19.0. The van der Waals surface area contributed by atoms with Crippen LogP contribution >= 0.6 is 0 Å². The van der Waals surface area contributed by atoms with Crippen LogP contribution < -0.4 is 20.5 Å². The summed E-state index contributed by atoms with van der Waals surface area (Å²) in [6.07, 6.45) is 7.56. The summed E-state index contributed by atoms with van der Waals surface area (Å²) in [5, 5.41) is 3.07. The number of aromatic nitrogens is 3. The van der Waals surface area contributed by atoms with Crippen molar-refractivity contribution in [2.24, 2.45) is 5.73 Å². The first kappa shape index (κ1) is 25.1. The SMILES string of the molecule is Cc1cn(-c2cc(CN3CCCC(N)C3)cc(NC(=O)c3cc(-c4ccc5c(c4)OCCO5)ccn3)c2)cn1. The molecule has 1 atom stereocenters. The molecule has 6 rings (SSSR count). The van der Waals surface area contributed by atoms with Gasteiger partial charge in [-0.1, -0.05) is 6.07 Å². The van der Waals surface area contributed by atoms with Gasteiger partial charge in [-0.05, 0) is 85.5 Å². The van der Waals surface area contributed by atoms with Gasteiger partial charge in [-0.25, -0.2) is 4.98 Å². The molecule has 1 fully saturated rings. The predicted molar refractivity (Wildman–Crippen MR) is 149 cm³/mol. The van der Waals surface area contributed by atoms with Crippen molar-refractivity contribution in [2.75, 3.05) is 31.6 Å². The zero-order valence-electron chi connectivity index (χ0n) is 22.0. The number of piperidine rings is 1. The molecule has 2 aromatic heterocycles. The van der Waals surface area contributed by atoms with Gasteiger partial charge in [-0.3, -0.25) is 14.7 Å². The van der Waals surface area contributed by atoms with Crippen LogP contribution in [-0.4, -0.2) is 57.7 Å². The minimum atomic E-state index is -0.278. The predicted octanol–water partition coefficient (Wildman–Crippen LogP) is 4.19. The minimum absolute atomic E-state index is 0.199. The number of benzene rings is 2. The number of aryl methyl sites for hydroxylation is 1. The molecule has 3 N–H and O–H groups in total. The summed E-state index contributed by atoms with van der Waals surface area (Å²) >= 11 is 0. The molecule has 0 bridgehead atoms. The molecule has 0 spiro atoms. The fourth-order valence-corrected chi connectivity index (χ4v) is 5.19. The number of ether oxygens (including phenoxy) is 2. The summed E-state index contributed by atoms with van der Waals surface area (Å²) in [7, 11) is 0. The Morgan fingerprint density at radius 3 is 2.72 bits per heavy atom. The Balaban J connectivity index is 1.26. The molecule has 9 heteroatoms. The van der Waals surface area contributed by atoms with Gasteiger partial charge >= 0.3 is 0 Å². The number of pyridine rings is 1. The minimum Gasteiger partial charge on any atom is -0.486 e. The van der Waals surface area contributed by atoms with E-state index in [0.29, 0.717) is 30.3 Å². The second-order valence-corrected chi connectivity index (χ2v) is 10.2. The lowest BCUT2D eigenvalue weighted by atomic mass is 10.0. The van der Waals surface area contributed by atoms with Gasteiger partial charge in [0.1, 0.15) is 18.9 Å². The molecule has 0 radical (unpaired) electrons. The summed E-state index contributed by atoms with van der Waals surface area (Å²) in [4.78, 5) is 24.5. The fraction of sp³-hybridized carbons (Fsp3) is 0.300. The number of fused-ring (bicyclic) bond motifs is 1. The van der Waals surface area contributed by atoms with E-state index in [-0.39, 0.29) is 11.9 Å². The van der Waals surface area contributed by atoms with E-state index >= 15 is 0 Å². The average Bonchev–Trinajstić information content (AvgIpc) is 3.39. The van der Waals surface area contributed by atoms with Crippen molar-refractivity contribution in [3.8, 4) is 28.3 Å². The van der Waals surface area contributed by atoms with Crippen LogP contribution in [0.4, 0.5) is 5.69 Å². The Bertz CT molecular complexity index is 1500. The highest BCUT2D eigenvalue weighted by molar-refractivity contribution is 6.03. The van der Waals surface area contributed by atoms with Gasteiger partial charge in [-0.2, -0.15) is 0 Å². The molecule has 1 saturated heterocycles. The number of hydrogen-bond donors (Lipinski definition) is 2. The van der Waals surface area contributed by atoms with E-state index in [1.54, 1.807) is 18.6 Å². The van der Waals surface area contributed by atoms with Crippen LogP contribution in [0.3, 0.4) is 0 Å². The molecule has 1 amide bonds. The highest BCUT2D eigenvalue weighted by atomic mass is 16.6. The van der Waals surface area contributed by atoms with Crippen molar-refractivity contribution in [3.63, 3.8) is 0 Å². The third-order valence-electron chi connectivity index (χ3n) is 7.06. The van der Waals surface area contributed by atoms with E-state index in [1.807, 2.05) is 54.1 Å². The highest BCUT2D eigenvalue weighted by Crippen LogP contribution is 2.34. The number of nitrogens with zero attached hydrogens (tertiary/aromatic N) is 4. The van der Waals surface area contributed by atoms with E-state index < -0.39 is 0 Å². The Morgan fingerprint density at radius 1 is 1.05 bits per heavy atom. The summed E-state index contributed by atoms with van der Waals surface area (Å²) in [5.41, 5.74) is 12.0. The van der Waals surface area contributed by atoms with Gasteiger partial charge < -0.3 is 25.1 Å². The quantitative estimate of drug-likeness (QED) is 0.389. The third-order valence-corrected chi connectivity index (χ3v) is 7.06. The van der Waals surface area contributed by atoms with Crippen LogP contribution in [0, 0.1) is 6.92 Å². The zero-order valence-corrected chi connectivity index (χ0v) is 22.0. The molecule has 2 aliphatic rings. The molecule has 9 nitrogen and oxygen atoms in total. The molecular formula is C30H32N6O3. The summed E-state index contributed by atoms with van der Waals surface area (Å²) in [5.74, 6) is 1.15. The fourth-order valence-electron chi connectivity index (χ4n) is 5.19. The summed E-state index contributed by atoms with van der Waals surface area (Å²) in [6.45, 7) is 5.66. The van der Waals surface area contributed by atoms with Crippen LogP contribution in [0.25, 0.3) is 16.8 Å². The van der Waals surface area contributed by atoms with Crippen LogP contribution in [0.2, 0.25) is 0 Å². The third kappa shape index (κ3) is 5.79. The maximum Gasteiger partial charge on any atom is 0.274 e. The van der Waals surface area contributed by atoms with E-state index in [1.165, 1.54) is 0 Å². The van der Waals surface area contributed by atoms with Crippen LogP contribution in [-0.2, 0) is 6.54 Å². The smallest absolute Gasteiger partial charge is 0.274 e. The number of carbonyl (C=O) groups is 1. The zero-order chi connectivity index (χ0) is 26.8. The van der Waals surface area contributed by atoms with Crippen molar-refractivity contribution in [1.82, 2.24) is 19.4 Å². The second-order valence-electron chi connectivity index (χ2n) is 10.2. The number of rotatable bonds is 6. The van der Waals surface area contributed by atoms with Crippen LogP contribution in [0.15, 0.2) is 67.3 Å². The lowest BCUT2D eigenvalue weighted by Crippen LogP contribution is -2.42. The number of imidazole rings is 1. The maximum atomic E-state index is 13.4.